The molecule has 3 aromatic rings. The molecule has 8 heteroatoms. The second kappa shape index (κ2) is 10.2. The van der Waals surface area contributed by atoms with Gasteiger partial charge >= 0.3 is 0 Å². The zero-order chi connectivity index (χ0) is 24.4. The first-order valence-electron chi connectivity index (χ1n) is 11.8. The summed E-state index contributed by atoms with van der Waals surface area (Å²) in [5.41, 5.74) is 1.42. The number of halogens is 2. The molecule has 1 aliphatic carbocycles. The molecule has 0 saturated heterocycles. The number of hydrogen-bond acceptors (Lipinski definition) is 4. The van der Waals surface area contributed by atoms with Crippen LogP contribution in [0.2, 0.25) is 0 Å². The molecule has 2 heterocycles. The third-order valence-corrected chi connectivity index (χ3v) is 7.51. The fourth-order valence-electron chi connectivity index (χ4n) is 4.44. The van der Waals surface area contributed by atoms with E-state index >= 15 is 0 Å². The van der Waals surface area contributed by atoms with Crippen LogP contribution in [0.25, 0.3) is 0 Å². The summed E-state index contributed by atoms with van der Waals surface area (Å²) < 4.78 is 32.6. The van der Waals surface area contributed by atoms with Crippen molar-refractivity contribution >= 4 is 23.2 Å². The number of thiophene rings is 1. The number of rotatable bonds is 8. The Morgan fingerprint density at radius 2 is 1.69 bits per heavy atom. The lowest BCUT2D eigenvalue weighted by molar-refractivity contribution is -0.135. The van der Waals surface area contributed by atoms with Crippen molar-refractivity contribution in [1.29, 1.82) is 0 Å². The maximum absolute atomic E-state index is 13.6. The first-order chi connectivity index (χ1) is 17.0. The van der Waals surface area contributed by atoms with E-state index in [2.05, 4.69) is 0 Å². The van der Waals surface area contributed by atoms with Gasteiger partial charge in [0.1, 0.15) is 30.5 Å². The number of carbonyl (C=O) groups excluding carboxylic acids is 2. The van der Waals surface area contributed by atoms with Crippen LogP contribution in [0.3, 0.4) is 0 Å². The molecule has 35 heavy (non-hydrogen) atoms. The van der Waals surface area contributed by atoms with Gasteiger partial charge in [-0.15, -0.1) is 11.3 Å². The van der Waals surface area contributed by atoms with E-state index < -0.39 is 5.82 Å². The number of amides is 2. The Morgan fingerprint density at radius 1 is 1.00 bits per heavy atom. The molecule has 2 aliphatic rings. The monoisotopic (exact) mass is 496 g/mol. The molecule has 5 nitrogen and oxygen atoms in total. The van der Waals surface area contributed by atoms with Gasteiger partial charge < -0.3 is 14.5 Å². The van der Waals surface area contributed by atoms with Crippen LogP contribution in [0.5, 0.6) is 5.75 Å². The van der Waals surface area contributed by atoms with Crippen molar-refractivity contribution in [1.82, 2.24) is 9.80 Å². The van der Waals surface area contributed by atoms with Crippen LogP contribution in [0, 0.1) is 17.6 Å². The lowest BCUT2D eigenvalue weighted by atomic mass is 10.0. The molecule has 0 radical (unpaired) electrons. The first-order valence-corrected chi connectivity index (χ1v) is 12.6. The van der Waals surface area contributed by atoms with Crippen molar-refractivity contribution in [2.24, 2.45) is 5.92 Å². The van der Waals surface area contributed by atoms with Crippen molar-refractivity contribution in [3.63, 3.8) is 0 Å². The van der Waals surface area contributed by atoms with Gasteiger partial charge in [-0.25, -0.2) is 8.78 Å². The highest BCUT2D eigenvalue weighted by Crippen LogP contribution is 2.35. The highest BCUT2D eigenvalue weighted by Gasteiger charge is 2.35. The number of nitrogens with zero attached hydrogens (tertiary/aromatic N) is 2. The number of fused-ring (bicyclic) bond motifs is 1. The van der Waals surface area contributed by atoms with E-state index in [1.807, 2.05) is 11.4 Å². The summed E-state index contributed by atoms with van der Waals surface area (Å²) in [5, 5.41) is 2.01. The zero-order valence-electron chi connectivity index (χ0n) is 19.2. The molecule has 1 atom stereocenters. The van der Waals surface area contributed by atoms with Crippen molar-refractivity contribution in [3.05, 3.63) is 87.6 Å². The van der Waals surface area contributed by atoms with E-state index in [0.29, 0.717) is 30.3 Å². The third-order valence-electron chi connectivity index (χ3n) is 6.52. The number of benzene rings is 2. The molecule has 0 N–H and O–H groups in total. The van der Waals surface area contributed by atoms with Gasteiger partial charge in [0.05, 0.1) is 6.04 Å². The quantitative estimate of drug-likeness (QED) is 0.437. The van der Waals surface area contributed by atoms with Crippen molar-refractivity contribution in [2.75, 3.05) is 26.2 Å². The predicted octanol–water partition coefficient (Wildman–Crippen LogP) is 5.08. The standard InChI is InChI=1S/C27H26F2N2O3S/c28-20-5-3-19(4-6-20)27(33)30(15-18-1-2-18)16-26(32)31-13-11-25-23(12-14-35-25)24(31)17-34-22-9-7-21(29)8-10-22/h3-10,12,14,18,24H,1-2,11,13,15-17H2/t24-/m0/s1. The fourth-order valence-corrected chi connectivity index (χ4v) is 5.37. The Balaban J connectivity index is 1.33. The smallest absolute Gasteiger partial charge is 0.254 e. The van der Waals surface area contributed by atoms with Crippen LogP contribution in [0.15, 0.2) is 60.0 Å². The molecule has 182 valence electrons. The van der Waals surface area contributed by atoms with Crippen LogP contribution < -0.4 is 4.74 Å². The second-order valence-corrected chi connectivity index (χ2v) is 10.1. The van der Waals surface area contributed by atoms with Crippen LogP contribution in [-0.2, 0) is 11.2 Å². The van der Waals surface area contributed by atoms with E-state index in [4.69, 9.17) is 4.74 Å². The molecular weight excluding hydrogens is 470 g/mol. The second-order valence-electron chi connectivity index (χ2n) is 9.05. The minimum Gasteiger partial charge on any atom is -0.491 e. The van der Waals surface area contributed by atoms with E-state index in [-0.39, 0.29) is 36.8 Å². The molecule has 1 aromatic heterocycles. The maximum atomic E-state index is 13.6. The molecule has 1 fully saturated rings. The summed E-state index contributed by atoms with van der Waals surface area (Å²) in [6.45, 7) is 1.23. The van der Waals surface area contributed by atoms with Gasteiger partial charge in [0.15, 0.2) is 0 Å². The Bertz CT molecular complexity index is 1190. The van der Waals surface area contributed by atoms with Gasteiger partial charge in [-0.1, -0.05) is 0 Å². The van der Waals surface area contributed by atoms with E-state index in [9.17, 15) is 18.4 Å². The Morgan fingerprint density at radius 3 is 2.37 bits per heavy atom. The van der Waals surface area contributed by atoms with E-state index in [1.54, 1.807) is 33.3 Å². The maximum Gasteiger partial charge on any atom is 0.254 e. The van der Waals surface area contributed by atoms with Crippen molar-refractivity contribution in [3.8, 4) is 5.75 Å². The molecule has 0 unspecified atom stereocenters. The summed E-state index contributed by atoms with van der Waals surface area (Å²) in [6.07, 6.45) is 2.83. The largest absolute Gasteiger partial charge is 0.491 e. The zero-order valence-corrected chi connectivity index (χ0v) is 20.0. The molecule has 5 rings (SSSR count). The van der Waals surface area contributed by atoms with Crippen LogP contribution in [-0.4, -0.2) is 47.9 Å². The van der Waals surface area contributed by atoms with Crippen LogP contribution in [0.4, 0.5) is 8.78 Å². The summed E-state index contributed by atoms with van der Waals surface area (Å²) in [6, 6.07) is 13.0. The van der Waals surface area contributed by atoms with Gasteiger partial charge in [-0.05, 0) is 90.7 Å². The third kappa shape index (κ3) is 5.53. The van der Waals surface area contributed by atoms with Gasteiger partial charge in [-0.2, -0.15) is 0 Å². The summed E-state index contributed by atoms with van der Waals surface area (Å²) in [4.78, 5) is 31.4. The molecular formula is C27H26F2N2O3S. The topological polar surface area (TPSA) is 49.9 Å². The lowest BCUT2D eigenvalue weighted by Crippen LogP contribution is -2.48. The minimum atomic E-state index is -0.407. The number of carbonyl (C=O) groups is 2. The molecule has 0 spiro atoms. The molecule has 0 bridgehead atoms. The van der Waals surface area contributed by atoms with E-state index in [1.165, 1.54) is 41.3 Å². The SMILES string of the molecule is O=C(c1ccc(F)cc1)N(CC(=O)N1CCc2sccc2[C@@H]1COc1ccc(F)cc1)CC1CC1. The summed E-state index contributed by atoms with van der Waals surface area (Å²) in [5.74, 6) is -0.232. The number of ether oxygens (including phenoxy) is 1. The predicted molar refractivity (Wildman–Crippen MR) is 129 cm³/mol. The van der Waals surface area contributed by atoms with Crippen LogP contribution >= 0.6 is 11.3 Å². The average molecular weight is 497 g/mol. The normalized spacial score (nSPS) is 17.1. The van der Waals surface area contributed by atoms with Gasteiger partial charge in [0.2, 0.25) is 5.91 Å². The minimum absolute atomic E-state index is 0.0424. The Kier molecular flexibility index (Phi) is 6.81. The first kappa shape index (κ1) is 23.5. The average Bonchev–Trinajstić information content (AvgIpc) is 3.55. The Hall–Kier alpha value is -3.26. The highest BCUT2D eigenvalue weighted by molar-refractivity contribution is 7.10. The highest BCUT2D eigenvalue weighted by atomic mass is 32.1. The van der Waals surface area contributed by atoms with E-state index in [0.717, 1.165) is 24.8 Å². The van der Waals surface area contributed by atoms with Gasteiger partial charge in [0, 0.05) is 23.5 Å². The van der Waals surface area contributed by atoms with Gasteiger partial charge in [-0.3, -0.25) is 9.59 Å². The Labute approximate surface area is 206 Å². The summed E-state index contributed by atoms with van der Waals surface area (Å²) >= 11 is 1.66. The number of hydrogen-bond donors (Lipinski definition) is 0. The lowest BCUT2D eigenvalue weighted by Gasteiger charge is -2.37. The molecule has 1 aliphatic heterocycles. The van der Waals surface area contributed by atoms with Gasteiger partial charge in [0.25, 0.3) is 5.91 Å². The summed E-state index contributed by atoms with van der Waals surface area (Å²) in [7, 11) is 0. The van der Waals surface area contributed by atoms with Crippen molar-refractivity contribution in [2.45, 2.75) is 25.3 Å². The molecule has 1 saturated carbocycles. The molecule has 2 aromatic carbocycles. The van der Waals surface area contributed by atoms with Crippen molar-refractivity contribution < 1.29 is 23.1 Å². The van der Waals surface area contributed by atoms with Crippen LogP contribution in [0.1, 0.15) is 39.7 Å². The fraction of sp³-hybridized carbons (Fsp3) is 0.333. The molecule has 2 amide bonds.